The van der Waals surface area contributed by atoms with Crippen LogP contribution in [0.4, 0.5) is 0 Å². The van der Waals surface area contributed by atoms with Gasteiger partial charge in [0.15, 0.2) is 5.78 Å². The molecular weight excluding hydrogens is 154 g/mol. The van der Waals surface area contributed by atoms with Gasteiger partial charge in [0.05, 0.1) is 0 Å². The van der Waals surface area contributed by atoms with Crippen LogP contribution >= 0.6 is 0 Å². The van der Waals surface area contributed by atoms with Crippen molar-refractivity contribution < 1.29 is 9.53 Å². The molecule has 3 nitrogen and oxygen atoms in total. The SMILES string of the molecule is CCC(=O)COCCCN1CC1. The number of hydrogen-bond acceptors (Lipinski definition) is 3. The lowest BCUT2D eigenvalue weighted by Gasteiger charge is -2.02. The Bertz CT molecular complexity index is 143. The molecule has 0 amide bonds. The molecule has 0 unspecified atom stereocenters. The first-order valence-electron chi connectivity index (χ1n) is 4.64. The monoisotopic (exact) mass is 171 g/mol. The molecule has 12 heavy (non-hydrogen) atoms. The Kier molecular flexibility index (Phi) is 4.25. The second-order valence-corrected chi connectivity index (χ2v) is 3.14. The molecule has 0 aromatic rings. The van der Waals surface area contributed by atoms with Gasteiger partial charge in [0.25, 0.3) is 0 Å². The van der Waals surface area contributed by atoms with Crippen LogP contribution in [-0.4, -0.2) is 43.5 Å². The van der Waals surface area contributed by atoms with E-state index in [0.717, 1.165) is 19.6 Å². The van der Waals surface area contributed by atoms with Gasteiger partial charge in [0.2, 0.25) is 0 Å². The van der Waals surface area contributed by atoms with Gasteiger partial charge in [-0.3, -0.25) is 4.79 Å². The lowest BCUT2D eigenvalue weighted by molar-refractivity contribution is -0.123. The van der Waals surface area contributed by atoms with Crippen LogP contribution in [0.2, 0.25) is 0 Å². The molecule has 0 aromatic heterocycles. The first-order valence-corrected chi connectivity index (χ1v) is 4.64. The molecule has 1 fully saturated rings. The predicted octanol–water partition coefficient (Wildman–Crippen LogP) is 0.688. The highest BCUT2D eigenvalue weighted by Gasteiger charge is 2.15. The lowest BCUT2D eigenvalue weighted by atomic mass is 10.3. The van der Waals surface area contributed by atoms with E-state index in [0.29, 0.717) is 13.0 Å². The molecular formula is C9H17NO2. The Hall–Kier alpha value is -0.410. The molecule has 0 aromatic carbocycles. The van der Waals surface area contributed by atoms with Gasteiger partial charge in [-0.25, -0.2) is 0 Å². The van der Waals surface area contributed by atoms with Crippen molar-refractivity contribution in [2.45, 2.75) is 19.8 Å². The van der Waals surface area contributed by atoms with E-state index in [1.807, 2.05) is 6.92 Å². The summed E-state index contributed by atoms with van der Waals surface area (Å²) < 4.78 is 5.19. The standard InChI is InChI=1S/C9H17NO2/c1-2-9(11)8-12-7-3-4-10-5-6-10/h2-8H2,1H3. The van der Waals surface area contributed by atoms with Crippen molar-refractivity contribution in [1.82, 2.24) is 4.90 Å². The Balaban J connectivity index is 1.78. The van der Waals surface area contributed by atoms with Gasteiger partial charge in [-0.05, 0) is 6.42 Å². The number of hydrogen-bond donors (Lipinski definition) is 0. The topological polar surface area (TPSA) is 29.3 Å². The van der Waals surface area contributed by atoms with E-state index in [-0.39, 0.29) is 5.78 Å². The van der Waals surface area contributed by atoms with Crippen LogP contribution in [-0.2, 0) is 9.53 Å². The zero-order valence-corrected chi connectivity index (χ0v) is 7.71. The van der Waals surface area contributed by atoms with Gasteiger partial charge in [0.1, 0.15) is 6.61 Å². The minimum absolute atomic E-state index is 0.196. The fourth-order valence-corrected chi connectivity index (χ4v) is 0.973. The fourth-order valence-electron chi connectivity index (χ4n) is 0.973. The molecule has 0 spiro atoms. The number of Topliss-reactive ketones (excluding diaryl/α,β-unsaturated/α-hetero) is 1. The van der Waals surface area contributed by atoms with E-state index < -0.39 is 0 Å². The smallest absolute Gasteiger partial charge is 0.158 e. The van der Waals surface area contributed by atoms with Gasteiger partial charge >= 0.3 is 0 Å². The summed E-state index contributed by atoms with van der Waals surface area (Å²) in [6, 6.07) is 0. The van der Waals surface area contributed by atoms with E-state index in [1.165, 1.54) is 13.1 Å². The Morgan fingerprint density at radius 3 is 2.83 bits per heavy atom. The molecule has 1 saturated heterocycles. The molecule has 3 heteroatoms. The van der Waals surface area contributed by atoms with Crippen LogP contribution in [0.3, 0.4) is 0 Å². The van der Waals surface area contributed by atoms with Crippen molar-refractivity contribution in [3.63, 3.8) is 0 Å². The maximum Gasteiger partial charge on any atom is 0.158 e. The van der Waals surface area contributed by atoms with Crippen LogP contribution in [0, 0.1) is 0 Å². The molecule has 0 aliphatic carbocycles. The molecule has 1 heterocycles. The van der Waals surface area contributed by atoms with Crippen LogP contribution in [0.5, 0.6) is 0 Å². The molecule has 1 aliphatic heterocycles. The van der Waals surface area contributed by atoms with Crippen molar-refractivity contribution in [3.8, 4) is 0 Å². The number of ketones is 1. The summed E-state index contributed by atoms with van der Waals surface area (Å²) in [6.45, 7) is 6.50. The van der Waals surface area contributed by atoms with Crippen molar-refractivity contribution in [1.29, 1.82) is 0 Å². The van der Waals surface area contributed by atoms with E-state index in [1.54, 1.807) is 0 Å². The van der Waals surface area contributed by atoms with E-state index in [2.05, 4.69) is 4.90 Å². The maximum absolute atomic E-state index is 10.8. The minimum atomic E-state index is 0.196. The summed E-state index contributed by atoms with van der Waals surface area (Å²) in [5, 5.41) is 0. The third-order valence-electron chi connectivity index (χ3n) is 1.96. The third-order valence-corrected chi connectivity index (χ3v) is 1.96. The first-order chi connectivity index (χ1) is 5.83. The van der Waals surface area contributed by atoms with E-state index in [9.17, 15) is 4.79 Å². The van der Waals surface area contributed by atoms with Crippen LogP contribution < -0.4 is 0 Å². The predicted molar refractivity (Wildman–Crippen MR) is 47.2 cm³/mol. The Morgan fingerprint density at radius 1 is 1.50 bits per heavy atom. The second kappa shape index (κ2) is 5.27. The van der Waals surface area contributed by atoms with Gasteiger partial charge in [-0.15, -0.1) is 0 Å². The zero-order chi connectivity index (χ0) is 8.81. The van der Waals surface area contributed by atoms with Gasteiger partial charge in [-0.2, -0.15) is 0 Å². The summed E-state index contributed by atoms with van der Waals surface area (Å²) in [6.07, 6.45) is 1.64. The van der Waals surface area contributed by atoms with E-state index >= 15 is 0 Å². The molecule has 1 aliphatic rings. The average Bonchev–Trinajstić information content (AvgIpc) is 2.87. The quantitative estimate of drug-likeness (QED) is 0.417. The first kappa shape index (κ1) is 9.68. The van der Waals surface area contributed by atoms with Gasteiger partial charge in [0, 0.05) is 32.7 Å². The molecule has 1 rings (SSSR count). The highest BCUT2D eigenvalue weighted by molar-refractivity contribution is 5.79. The van der Waals surface area contributed by atoms with Crippen molar-refractivity contribution in [3.05, 3.63) is 0 Å². The van der Waals surface area contributed by atoms with Crippen LogP contribution in [0.15, 0.2) is 0 Å². The fraction of sp³-hybridized carbons (Fsp3) is 0.889. The number of rotatable bonds is 7. The lowest BCUT2D eigenvalue weighted by Crippen LogP contribution is -2.10. The molecule has 0 atom stereocenters. The maximum atomic E-state index is 10.8. The van der Waals surface area contributed by atoms with Crippen molar-refractivity contribution in [2.24, 2.45) is 0 Å². The van der Waals surface area contributed by atoms with E-state index in [4.69, 9.17) is 4.74 Å². The van der Waals surface area contributed by atoms with Crippen molar-refractivity contribution >= 4 is 5.78 Å². The van der Waals surface area contributed by atoms with Crippen LogP contribution in [0.1, 0.15) is 19.8 Å². The normalized spacial score (nSPS) is 16.4. The number of ether oxygens (including phenoxy) is 1. The molecule has 0 N–H and O–H groups in total. The molecule has 0 bridgehead atoms. The number of carbonyl (C=O) groups is 1. The Morgan fingerprint density at radius 2 is 2.25 bits per heavy atom. The molecule has 0 radical (unpaired) electrons. The highest BCUT2D eigenvalue weighted by atomic mass is 16.5. The van der Waals surface area contributed by atoms with Gasteiger partial charge in [-0.1, -0.05) is 6.92 Å². The van der Waals surface area contributed by atoms with Crippen LogP contribution in [0.25, 0.3) is 0 Å². The number of nitrogens with zero attached hydrogens (tertiary/aromatic N) is 1. The number of carbonyl (C=O) groups excluding carboxylic acids is 1. The van der Waals surface area contributed by atoms with Gasteiger partial charge < -0.3 is 9.64 Å². The summed E-state index contributed by atoms with van der Waals surface area (Å²) in [4.78, 5) is 13.1. The minimum Gasteiger partial charge on any atom is -0.374 e. The largest absolute Gasteiger partial charge is 0.374 e. The second-order valence-electron chi connectivity index (χ2n) is 3.14. The highest BCUT2D eigenvalue weighted by Crippen LogP contribution is 2.03. The Labute approximate surface area is 73.7 Å². The third kappa shape index (κ3) is 4.46. The molecule has 70 valence electrons. The summed E-state index contributed by atoms with van der Waals surface area (Å²) in [5.74, 6) is 0.196. The summed E-state index contributed by atoms with van der Waals surface area (Å²) >= 11 is 0. The summed E-state index contributed by atoms with van der Waals surface area (Å²) in [7, 11) is 0. The average molecular weight is 171 g/mol. The zero-order valence-electron chi connectivity index (χ0n) is 7.71. The van der Waals surface area contributed by atoms with Crippen molar-refractivity contribution in [2.75, 3.05) is 32.8 Å². The summed E-state index contributed by atoms with van der Waals surface area (Å²) in [5.41, 5.74) is 0. The molecule has 0 saturated carbocycles.